The van der Waals surface area contributed by atoms with Gasteiger partial charge < -0.3 is 9.64 Å². The van der Waals surface area contributed by atoms with E-state index in [9.17, 15) is 0 Å². The van der Waals surface area contributed by atoms with Crippen LogP contribution in [-0.2, 0) is 11.3 Å². The van der Waals surface area contributed by atoms with Crippen molar-refractivity contribution in [3.63, 3.8) is 0 Å². The summed E-state index contributed by atoms with van der Waals surface area (Å²) < 4.78 is 7.35. The van der Waals surface area contributed by atoms with Crippen molar-refractivity contribution in [1.82, 2.24) is 19.6 Å². The molecule has 0 radical (unpaired) electrons. The van der Waals surface area contributed by atoms with E-state index in [-0.39, 0.29) is 0 Å². The highest BCUT2D eigenvalue weighted by atomic mass is 16.5. The third-order valence-electron chi connectivity index (χ3n) is 4.78. The Hall–Kier alpha value is -1.69. The van der Waals surface area contributed by atoms with Crippen molar-refractivity contribution < 1.29 is 4.74 Å². The normalized spacial score (nSPS) is 17.3. The molecule has 0 N–H and O–H groups in total. The van der Waals surface area contributed by atoms with Gasteiger partial charge in [0.15, 0.2) is 0 Å². The quantitative estimate of drug-likeness (QED) is 0.815. The van der Waals surface area contributed by atoms with E-state index in [1.165, 1.54) is 11.1 Å². The average molecular weight is 328 g/mol. The van der Waals surface area contributed by atoms with E-state index >= 15 is 0 Å². The number of hydrogen-bond acceptors (Lipinski definition) is 4. The molecule has 0 bridgehead atoms. The fraction of sp³-hybridized carbons (Fsp3) is 0.526. The molecular weight excluding hydrogens is 300 g/mol. The van der Waals surface area contributed by atoms with E-state index < -0.39 is 0 Å². The number of rotatable bonds is 6. The number of hydrogen-bond donors (Lipinski definition) is 0. The topological polar surface area (TPSA) is 33.5 Å². The summed E-state index contributed by atoms with van der Waals surface area (Å²) in [6.07, 6.45) is 3.79. The van der Waals surface area contributed by atoms with Crippen LogP contribution in [0.3, 0.4) is 0 Å². The molecule has 0 amide bonds. The van der Waals surface area contributed by atoms with Crippen LogP contribution in [0.5, 0.6) is 0 Å². The third kappa shape index (κ3) is 4.23. The van der Waals surface area contributed by atoms with Crippen LogP contribution < -0.4 is 0 Å². The third-order valence-corrected chi connectivity index (χ3v) is 4.78. The van der Waals surface area contributed by atoms with Gasteiger partial charge in [-0.15, -0.1) is 0 Å². The van der Waals surface area contributed by atoms with Crippen LogP contribution in [0.4, 0.5) is 0 Å². The highest BCUT2D eigenvalue weighted by molar-refractivity contribution is 5.39. The summed E-state index contributed by atoms with van der Waals surface area (Å²) in [6, 6.07) is 9.09. The molecule has 1 aliphatic rings. The number of nitrogens with zero attached hydrogens (tertiary/aromatic N) is 4. The second-order valence-electron chi connectivity index (χ2n) is 6.76. The van der Waals surface area contributed by atoms with Gasteiger partial charge in [-0.1, -0.05) is 6.07 Å². The van der Waals surface area contributed by atoms with E-state index in [0.29, 0.717) is 6.04 Å². The fourth-order valence-electron chi connectivity index (χ4n) is 3.36. The first-order valence-electron chi connectivity index (χ1n) is 8.73. The van der Waals surface area contributed by atoms with Gasteiger partial charge in [-0.05, 0) is 50.2 Å². The lowest BCUT2D eigenvalue weighted by atomic mass is 10.1. The van der Waals surface area contributed by atoms with Gasteiger partial charge >= 0.3 is 0 Å². The van der Waals surface area contributed by atoms with Crippen LogP contribution >= 0.6 is 0 Å². The van der Waals surface area contributed by atoms with Gasteiger partial charge in [-0.25, -0.2) is 4.68 Å². The van der Waals surface area contributed by atoms with E-state index in [0.717, 1.165) is 45.1 Å². The molecule has 1 fully saturated rings. The molecule has 1 aliphatic heterocycles. The lowest BCUT2D eigenvalue weighted by Crippen LogP contribution is -2.46. The maximum Gasteiger partial charge on any atom is 0.0648 e. The minimum atomic E-state index is 0.558. The molecule has 0 aliphatic carbocycles. The van der Waals surface area contributed by atoms with Crippen LogP contribution in [0, 0.1) is 6.92 Å². The lowest BCUT2D eigenvalue weighted by Gasteiger charge is -2.34. The van der Waals surface area contributed by atoms with Crippen molar-refractivity contribution in [2.75, 3.05) is 39.9 Å². The second kappa shape index (κ2) is 7.92. The number of benzene rings is 1. The predicted molar refractivity (Wildman–Crippen MR) is 96.5 cm³/mol. The molecule has 2 aromatic rings. The molecule has 5 nitrogen and oxygen atoms in total. The fourth-order valence-corrected chi connectivity index (χ4v) is 3.36. The molecule has 5 heteroatoms. The van der Waals surface area contributed by atoms with Crippen LogP contribution in [0.2, 0.25) is 0 Å². The summed E-state index contributed by atoms with van der Waals surface area (Å²) >= 11 is 0. The highest BCUT2D eigenvalue weighted by Crippen LogP contribution is 2.16. The second-order valence-corrected chi connectivity index (χ2v) is 6.76. The molecule has 2 heterocycles. The number of aromatic nitrogens is 2. The van der Waals surface area contributed by atoms with Gasteiger partial charge in [0, 0.05) is 44.6 Å². The van der Waals surface area contributed by atoms with Crippen molar-refractivity contribution in [2.24, 2.45) is 0 Å². The average Bonchev–Trinajstić information content (AvgIpc) is 3.12. The van der Waals surface area contributed by atoms with Gasteiger partial charge in [0.25, 0.3) is 0 Å². The van der Waals surface area contributed by atoms with E-state index in [4.69, 9.17) is 4.74 Å². The van der Waals surface area contributed by atoms with Gasteiger partial charge in [0.2, 0.25) is 0 Å². The maximum atomic E-state index is 5.45. The van der Waals surface area contributed by atoms with Gasteiger partial charge in [-0.3, -0.25) is 4.90 Å². The minimum absolute atomic E-state index is 0.558. The zero-order valence-electron chi connectivity index (χ0n) is 15.0. The highest BCUT2D eigenvalue weighted by Gasteiger charge is 2.18. The van der Waals surface area contributed by atoms with Crippen molar-refractivity contribution >= 4 is 0 Å². The first kappa shape index (κ1) is 17.1. The molecule has 24 heavy (non-hydrogen) atoms. The SMILES string of the molecule is Cc1cc(-n2cccn2)ccc1CN(C)CC(C)N1CCOCC1. The summed E-state index contributed by atoms with van der Waals surface area (Å²) in [4.78, 5) is 4.93. The molecule has 3 rings (SSSR count). The van der Waals surface area contributed by atoms with Gasteiger partial charge in [0.05, 0.1) is 18.9 Å². The molecule has 0 saturated carbocycles. The molecule has 1 aromatic carbocycles. The van der Waals surface area contributed by atoms with Crippen LogP contribution in [-0.4, -0.2) is 65.5 Å². The molecule has 1 saturated heterocycles. The van der Waals surface area contributed by atoms with Crippen LogP contribution in [0.1, 0.15) is 18.1 Å². The summed E-state index contributed by atoms with van der Waals surface area (Å²) in [7, 11) is 2.21. The Labute approximate surface area is 144 Å². The molecule has 0 spiro atoms. The molecule has 130 valence electrons. The lowest BCUT2D eigenvalue weighted by molar-refractivity contribution is 0.0137. The maximum absolute atomic E-state index is 5.45. The monoisotopic (exact) mass is 328 g/mol. The Morgan fingerprint density at radius 3 is 2.75 bits per heavy atom. The Balaban J connectivity index is 1.58. The molecule has 1 aromatic heterocycles. The number of ether oxygens (including phenoxy) is 1. The van der Waals surface area contributed by atoms with Gasteiger partial charge in [0.1, 0.15) is 0 Å². The van der Waals surface area contributed by atoms with Crippen LogP contribution in [0.25, 0.3) is 5.69 Å². The van der Waals surface area contributed by atoms with Crippen molar-refractivity contribution in [3.8, 4) is 5.69 Å². The van der Waals surface area contributed by atoms with Crippen LogP contribution in [0.15, 0.2) is 36.7 Å². The Morgan fingerprint density at radius 2 is 2.08 bits per heavy atom. The molecular formula is C19H28N4O. The zero-order valence-corrected chi connectivity index (χ0v) is 15.0. The first-order valence-corrected chi connectivity index (χ1v) is 8.73. The minimum Gasteiger partial charge on any atom is -0.379 e. The first-order chi connectivity index (χ1) is 11.6. The molecule has 1 atom stereocenters. The molecule has 1 unspecified atom stereocenters. The van der Waals surface area contributed by atoms with Gasteiger partial charge in [-0.2, -0.15) is 5.10 Å². The van der Waals surface area contributed by atoms with Crippen molar-refractivity contribution in [3.05, 3.63) is 47.8 Å². The van der Waals surface area contributed by atoms with Crippen molar-refractivity contribution in [1.29, 1.82) is 0 Å². The number of aryl methyl sites for hydroxylation is 1. The Bertz CT molecular complexity index is 635. The predicted octanol–water partition coefficient (Wildman–Crippen LogP) is 2.33. The zero-order chi connectivity index (χ0) is 16.9. The summed E-state index contributed by atoms with van der Waals surface area (Å²) in [5, 5.41) is 4.30. The smallest absolute Gasteiger partial charge is 0.0648 e. The van der Waals surface area contributed by atoms with E-state index in [1.807, 2.05) is 23.1 Å². The standard InChI is InChI=1S/C19H28N4O/c1-16-13-19(23-8-4-7-20-23)6-5-18(16)15-21(3)14-17(2)22-9-11-24-12-10-22/h4-8,13,17H,9-12,14-15H2,1-3H3. The summed E-state index contributed by atoms with van der Waals surface area (Å²) in [5.74, 6) is 0. The van der Waals surface area contributed by atoms with Crippen molar-refractivity contribution in [2.45, 2.75) is 26.4 Å². The number of morpholine rings is 1. The Morgan fingerprint density at radius 1 is 1.29 bits per heavy atom. The van der Waals surface area contributed by atoms with E-state index in [1.54, 1.807) is 0 Å². The van der Waals surface area contributed by atoms with E-state index in [2.05, 4.69) is 54.0 Å². The Kier molecular flexibility index (Phi) is 5.66. The summed E-state index contributed by atoms with van der Waals surface area (Å²) in [5.41, 5.74) is 3.81. The largest absolute Gasteiger partial charge is 0.379 e. The summed E-state index contributed by atoms with van der Waals surface area (Å²) in [6.45, 7) is 10.4. The number of likely N-dealkylation sites (N-methyl/N-ethyl adjacent to an activating group) is 1.